The lowest BCUT2D eigenvalue weighted by molar-refractivity contribution is 0.604. The molecule has 1 saturated carbocycles. The molecular weight excluding hydrogens is 305 g/mol. The molecule has 0 radical (unpaired) electrons. The Balaban J connectivity index is 2.05. The second-order valence-electron chi connectivity index (χ2n) is 6.25. The zero-order chi connectivity index (χ0) is 16.1. The van der Waals surface area contributed by atoms with Crippen molar-refractivity contribution in [3.05, 3.63) is 35.5 Å². The van der Waals surface area contributed by atoms with Crippen LogP contribution in [0.5, 0.6) is 0 Å². The molecule has 1 fully saturated rings. The summed E-state index contributed by atoms with van der Waals surface area (Å²) in [5.41, 5.74) is 1.64. The van der Waals surface area contributed by atoms with Crippen LogP contribution in [0.1, 0.15) is 31.2 Å². The Bertz CT molecular complexity index is 838. The molecule has 0 saturated heterocycles. The minimum atomic E-state index is -3.54. The van der Waals surface area contributed by atoms with Crippen LogP contribution in [0, 0.1) is 12.7 Å². The molecular formula is C15H18FN3O2S. The van der Waals surface area contributed by atoms with E-state index in [4.69, 9.17) is 0 Å². The molecule has 5 nitrogen and oxygen atoms in total. The predicted octanol–water partition coefficient (Wildman–Crippen LogP) is 2.95. The Labute approximate surface area is 129 Å². The van der Waals surface area contributed by atoms with Gasteiger partial charge in [0.15, 0.2) is 5.82 Å². The molecule has 22 heavy (non-hydrogen) atoms. The highest BCUT2D eigenvalue weighted by molar-refractivity contribution is 7.92. The largest absolute Gasteiger partial charge is 0.341 e. The maximum atomic E-state index is 14.6. The van der Waals surface area contributed by atoms with E-state index in [2.05, 4.69) is 21.6 Å². The first-order valence-electron chi connectivity index (χ1n) is 7.02. The first-order chi connectivity index (χ1) is 10.2. The zero-order valence-electron chi connectivity index (χ0n) is 12.7. The first-order valence-corrected chi connectivity index (χ1v) is 8.91. The van der Waals surface area contributed by atoms with E-state index in [9.17, 15) is 12.8 Å². The summed E-state index contributed by atoms with van der Waals surface area (Å²) >= 11 is 0. The minimum absolute atomic E-state index is 0.0497. The van der Waals surface area contributed by atoms with Crippen molar-refractivity contribution in [2.45, 2.75) is 32.1 Å². The summed E-state index contributed by atoms with van der Waals surface area (Å²) in [6.45, 7) is 3.90. The molecule has 3 rings (SSSR count). The lowest BCUT2D eigenvalue weighted by Crippen LogP contribution is -2.11. The highest BCUT2D eigenvalue weighted by Gasteiger charge is 2.41. The summed E-state index contributed by atoms with van der Waals surface area (Å²) < 4.78 is 39.5. The normalized spacial score (nSPS) is 16.5. The van der Waals surface area contributed by atoms with Gasteiger partial charge in [0.1, 0.15) is 5.82 Å². The maximum absolute atomic E-state index is 14.6. The van der Waals surface area contributed by atoms with Crippen molar-refractivity contribution in [3.8, 4) is 11.3 Å². The van der Waals surface area contributed by atoms with Gasteiger partial charge in [-0.3, -0.25) is 4.72 Å². The summed E-state index contributed by atoms with van der Waals surface area (Å²) in [5, 5.41) is 0. The number of aromatic amines is 1. The van der Waals surface area contributed by atoms with Crippen molar-refractivity contribution in [1.82, 2.24) is 9.97 Å². The summed E-state index contributed by atoms with van der Waals surface area (Å²) in [4.78, 5) is 7.50. The molecule has 1 aromatic carbocycles. The Morgan fingerprint density at radius 3 is 2.64 bits per heavy atom. The van der Waals surface area contributed by atoms with Gasteiger partial charge < -0.3 is 4.98 Å². The third kappa shape index (κ3) is 2.85. The molecule has 0 amide bonds. The van der Waals surface area contributed by atoms with Crippen LogP contribution in [0.15, 0.2) is 18.3 Å². The van der Waals surface area contributed by atoms with Gasteiger partial charge in [0.25, 0.3) is 0 Å². The van der Waals surface area contributed by atoms with Crippen LogP contribution in [-0.4, -0.2) is 24.6 Å². The van der Waals surface area contributed by atoms with Gasteiger partial charge in [-0.1, -0.05) is 6.92 Å². The molecule has 0 unspecified atom stereocenters. The fourth-order valence-electron chi connectivity index (χ4n) is 2.43. The number of sulfonamides is 1. The average Bonchev–Trinajstić information content (AvgIpc) is 2.96. The van der Waals surface area contributed by atoms with Crippen LogP contribution < -0.4 is 4.72 Å². The summed E-state index contributed by atoms with van der Waals surface area (Å²) in [5.74, 6) is 0.244. The van der Waals surface area contributed by atoms with Gasteiger partial charge in [0, 0.05) is 11.0 Å². The molecule has 1 aliphatic carbocycles. The topological polar surface area (TPSA) is 74.8 Å². The SMILES string of the molecule is Cc1cc(NS(C)(=O)=O)c(F)c(-c2cnc(C3(C)CC3)[nH]2)c1. The number of aryl methyl sites for hydroxylation is 1. The quantitative estimate of drug-likeness (QED) is 0.908. The van der Waals surface area contributed by atoms with Crippen molar-refractivity contribution >= 4 is 15.7 Å². The number of hydrogen-bond donors (Lipinski definition) is 2. The highest BCUT2D eigenvalue weighted by atomic mass is 32.2. The molecule has 2 N–H and O–H groups in total. The van der Waals surface area contributed by atoms with E-state index < -0.39 is 15.8 Å². The van der Waals surface area contributed by atoms with Crippen LogP contribution in [-0.2, 0) is 15.4 Å². The highest BCUT2D eigenvalue weighted by Crippen LogP contribution is 2.46. The van der Waals surface area contributed by atoms with Gasteiger partial charge in [0.2, 0.25) is 10.0 Å². The van der Waals surface area contributed by atoms with E-state index in [1.54, 1.807) is 19.2 Å². The Hall–Kier alpha value is -1.89. The van der Waals surface area contributed by atoms with E-state index in [1.165, 1.54) is 6.07 Å². The third-order valence-electron chi connectivity index (χ3n) is 3.95. The van der Waals surface area contributed by atoms with Crippen molar-refractivity contribution in [3.63, 3.8) is 0 Å². The van der Waals surface area contributed by atoms with Crippen LogP contribution in [0.25, 0.3) is 11.3 Å². The van der Waals surface area contributed by atoms with Crippen molar-refractivity contribution < 1.29 is 12.8 Å². The van der Waals surface area contributed by atoms with Crippen LogP contribution in [0.3, 0.4) is 0 Å². The number of nitrogens with one attached hydrogen (secondary N) is 2. The number of halogens is 1. The fraction of sp³-hybridized carbons (Fsp3) is 0.400. The average molecular weight is 323 g/mol. The fourth-order valence-corrected chi connectivity index (χ4v) is 2.98. The van der Waals surface area contributed by atoms with E-state index in [0.717, 1.165) is 30.5 Å². The van der Waals surface area contributed by atoms with Gasteiger partial charge in [0.05, 0.1) is 23.8 Å². The van der Waals surface area contributed by atoms with E-state index >= 15 is 0 Å². The van der Waals surface area contributed by atoms with Crippen molar-refractivity contribution in [2.24, 2.45) is 0 Å². The van der Waals surface area contributed by atoms with Gasteiger partial charge in [-0.25, -0.2) is 17.8 Å². The number of imidazole rings is 1. The molecule has 1 aliphatic rings. The van der Waals surface area contributed by atoms with Gasteiger partial charge in [-0.15, -0.1) is 0 Å². The maximum Gasteiger partial charge on any atom is 0.229 e. The van der Waals surface area contributed by atoms with Crippen LogP contribution in [0.4, 0.5) is 10.1 Å². The number of nitrogens with zero attached hydrogens (tertiary/aromatic N) is 1. The van der Waals surface area contributed by atoms with Crippen molar-refractivity contribution in [1.29, 1.82) is 0 Å². The van der Waals surface area contributed by atoms with Crippen LogP contribution >= 0.6 is 0 Å². The number of anilines is 1. The second kappa shape index (κ2) is 4.81. The standard InChI is InChI=1S/C15H18FN3O2S/c1-9-6-10(13(16)11(7-9)19-22(3,20)21)12-8-17-14(18-12)15(2)4-5-15/h6-8,19H,4-5H2,1-3H3,(H,17,18). The minimum Gasteiger partial charge on any atom is -0.341 e. The molecule has 0 atom stereocenters. The monoisotopic (exact) mass is 323 g/mol. The molecule has 1 heterocycles. The van der Waals surface area contributed by atoms with Gasteiger partial charge in [-0.2, -0.15) is 0 Å². The van der Waals surface area contributed by atoms with Crippen molar-refractivity contribution in [2.75, 3.05) is 11.0 Å². The molecule has 0 bridgehead atoms. The summed E-state index contributed by atoms with van der Waals surface area (Å²) in [6.07, 6.45) is 4.73. The number of hydrogen-bond acceptors (Lipinski definition) is 3. The zero-order valence-corrected chi connectivity index (χ0v) is 13.5. The van der Waals surface area contributed by atoms with Gasteiger partial charge >= 0.3 is 0 Å². The predicted molar refractivity (Wildman–Crippen MR) is 83.8 cm³/mol. The molecule has 7 heteroatoms. The van der Waals surface area contributed by atoms with E-state index in [0.29, 0.717) is 11.3 Å². The van der Waals surface area contributed by atoms with Crippen LogP contribution in [0.2, 0.25) is 0 Å². The molecule has 1 aromatic heterocycles. The smallest absolute Gasteiger partial charge is 0.229 e. The lowest BCUT2D eigenvalue weighted by atomic mass is 10.1. The Morgan fingerprint density at radius 1 is 1.36 bits per heavy atom. The van der Waals surface area contributed by atoms with E-state index in [1.807, 2.05) is 0 Å². The summed E-state index contributed by atoms with van der Waals surface area (Å²) in [6, 6.07) is 3.15. The molecule has 2 aromatic rings. The van der Waals surface area contributed by atoms with Gasteiger partial charge in [-0.05, 0) is 37.5 Å². The molecule has 0 aliphatic heterocycles. The second-order valence-corrected chi connectivity index (χ2v) is 8.00. The van der Waals surface area contributed by atoms with E-state index in [-0.39, 0.29) is 11.1 Å². The lowest BCUT2D eigenvalue weighted by Gasteiger charge is -2.10. The number of rotatable bonds is 4. The third-order valence-corrected chi connectivity index (χ3v) is 4.54. The first kappa shape index (κ1) is 15.0. The number of benzene rings is 1. The number of H-pyrrole nitrogens is 1. The Morgan fingerprint density at radius 2 is 2.05 bits per heavy atom. The number of aromatic nitrogens is 2. The Kier molecular flexibility index (Phi) is 3.28. The summed E-state index contributed by atoms with van der Waals surface area (Å²) in [7, 11) is -3.54. The molecule has 0 spiro atoms. The molecule has 118 valence electrons.